The first-order chi connectivity index (χ1) is 13.8. The summed E-state index contributed by atoms with van der Waals surface area (Å²) in [4.78, 5) is 18.0. The number of aromatic nitrogens is 2. The monoisotopic (exact) mass is 481 g/mol. The molecule has 0 atom stereocenters. The van der Waals surface area contributed by atoms with Gasteiger partial charge in [0.1, 0.15) is 5.60 Å². The smallest absolute Gasteiger partial charge is 0.412 e. The van der Waals surface area contributed by atoms with E-state index < -0.39 is 11.7 Å². The van der Waals surface area contributed by atoms with E-state index in [1.807, 2.05) is 69.4 Å². The van der Waals surface area contributed by atoms with Gasteiger partial charge in [-0.3, -0.25) is 9.72 Å². The van der Waals surface area contributed by atoms with Crippen molar-refractivity contribution < 1.29 is 14.3 Å². The van der Waals surface area contributed by atoms with Gasteiger partial charge >= 0.3 is 6.09 Å². The number of carbonyl (C=O) groups excluding carboxylic acids is 1. The number of fused-ring (bicyclic) bond motifs is 3. The summed E-state index contributed by atoms with van der Waals surface area (Å²) in [5.74, 6) is 0. The number of carbonyl (C=O) groups is 1. The molecule has 0 aliphatic heterocycles. The number of rotatable bonds is 4. The van der Waals surface area contributed by atoms with Crippen LogP contribution in [0.2, 0.25) is 0 Å². The molecule has 0 spiro atoms. The average Bonchev–Trinajstić information content (AvgIpc) is 3.19. The summed E-state index contributed by atoms with van der Waals surface area (Å²) in [7, 11) is 1.63. The summed E-state index contributed by atoms with van der Waals surface area (Å²) in [5, 5.41) is 2.87. The van der Waals surface area contributed by atoms with E-state index in [1.165, 1.54) is 0 Å². The van der Waals surface area contributed by atoms with Crippen LogP contribution >= 0.6 is 36.2 Å². The summed E-state index contributed by atoms with van der Waals surface area (Å²) < 4.78 is 13.9. The first-order valence-corrected chi connectivity index (χ1v) is 10.1. The van der Waals surface area contributed by atoms with E-state index in [1.54, 1.807) is 18.4 Å². The maximum Gasteiger partial charge on any atom is 0.412 e. The van der Waals surface area contributed by atoms with Gasteiger partial charge in [-0.05, 0) is 32.9 Å². The molecule has 0 saturated heterocycles. The molecule has 0 aliphatic rings. The fourth-order valence-corrected chi connectivity index (χ4v) is 4.19. The Morgan fingerprint density at radius 1 is 1.16 bits per heavy atom. The number of hydrogen-bond donors (Lipinski definition) is 1. The van der Waals surface area contributed by atoms with Crippen molar-refractivity contribution >= 4 is 63.1 Å². The molecule has 0 aliphatic carbocycles. The molecule has 2 heterocycles. The number of imidazole rings is 1. The zero-order valence-electron chi connectivity index (χ0n) is 17.7. The number of ether oxygens (including phenoxy) is 2. The van der Waals surface area contributed by atoms with Crippen molar-refractivity contribution in [2.45, 2.75) is 33.0 Å². The lowest BCUT2D eigenvalue weighted by atomic mass is 10.1. The topological polar surface area (TPSA) is 64.9 Å². The third-order valence-electron chi connectivity index (χ3n) is 4.32. The number of benzene rings is 2. The van der Waals surface area contributed by atoms with Crippen LogP contribution in [-0.2, 0) is 16.1 Å². The van der Waals surface area contributed by atoms with Crippen molar-refractivity contribution in [3.63, 3.8) is 0 Å². The van der Waals surface area contributed by atoms with Crippen molar-refractivity contribution in [3.8, 4) is 11.3 Å². The Labute approximate surface area is 197 Å². The van der Waals surface area contributed by atoms with Crippen molar-refractivity contribution in [2.24, 2.45) is 0 Å². The average molecular weight is 482 g/mol. The van der Waals surface area contributed by atoms with Gasteiger partial charge in [0.05, 0.1) is 28.2 Å². The van der Waals surface area contributed by atoms with Gasteiger partial charge in [0, 0.05) is 24.4 Å². The summed E-state index contributed by atoms with van der Waals surface area (Å²) >= 11 is 1.61. The minimum Gasteiger partial charge on any atom is -0.444 e. The molecule has 0 radical (unpaired) electrons. The van der Waals surface area contributed by atoms with Gasteiger partial charge < -0.3 is 9.47 Å². The van der Waals surface area contributed by atoms with Crippen LogP contribution in [0.1, 0.15) is 26.3 Å². The molecule has 1 amide bonds. The molecule has 1 N–H and O–H groups in total. The van der Waals surface area contributed by atoms with Gasteiger partial charge in [0.2, 0.25) is 0 Å². The number of nitrogens with zero attached hydrogens (tertiary/aromatic N) is 2. The second-order valence-corrected chi connectivity index (χ2v) is 8.79. The van der Waals surface area contributed by atoms with Gasteiger partial charge in [0.15, 0.2) is 4.96 Å². The van der Waals surface area contributed by atoms with E-state index in [9.17, 15) is 4.79 Å². The van der Waals surface area contributed by atoms with Crippen molar-refractivity contribution in [2.75, 3.05) is 12.4 Å². The van der Waals surface area contributed by atoms with Crippen LogP contribution in [0.4, 0.5) is 10.5 Å². The van der Waals surface area contributed by atoms with Crippen molar-refractivity contribution in [3.05, 3.63) is 54.2 Å². The Bertz CT molecular complexity index is 1180. The summed E-state index contributed by atoms with van der Waals surface area (Å²) in [5.41, 5.74) is 3.95. The Hall–Kier alpha value is -2.32. The fourth-order valence-electron chi connectivity index (χ4n) is 3.14. The molecule has 0 unspecified atom stereocenters. The van der Waals surface area contributed by atoms with E-state index in [4.69, 9.17) is 14.5 Å². The highest BCUT2D eigenvalue weighted by atomic mass is 35.5. The van der Waals surface area contributed by atoms with Crippen LogP contribution in [0.15, 0.2) is 48.7 Å². The highest BCUT2D eigenvalue weighted by molar-refractivity contribution is 7.23. The fraction of sp³-hybridized carbons (Fsp3) is 0.273. The minimum atomic E-state index is -0.569. The van der Waals surface area contributed by atoms with Gasteiger partial charge in [-0.1, -0.05) is 41.7 Å². The second kappa shape index (κ2) is 9.87. The predicted octanol–water partition coefficient (Wildman–Crippen LogP) is 6.55. The number of methoxy groups -OCH3 is 1. The lowest BCUT2D eigenvalue weighted by Crippen LogP contribution is -2.27. The van der Waals surface area contributed by atoms with E-state index in [0.29, 0.717) is 12.3 Å². The lowest BCUT2D eigenvalue weighted by molar-refractivity contribution is 0.0635. The quantitative estimate of drug-likeness (QED) is 0.358. The molecule has 4 aromatic rings. The first-order valence-electron chi connectivity index (χ1n) is 9.33. The molecule has 9 heteroatoms. The SMILES string of the molecule is COCc1cc2sc3nc(-c4ccccc4)cn3c2cc1NC(=O)OC(C)(C)C.Cl.Cl. The van der Waals surface area contributed by atoms with Crippen LogP contribution in [0.25, 0.3) is 26.4 Å². The minimum absolute atomic E-state index is 0. The van der Waals surface area contributed by atoms with Crippen molar-refractivity contribution in [1.82, 2.24) is 9.38 Å². The molecular formula is C22H25Cl2N3O3S. The third-order valence-corrected chi connectivity index (χ3v) is 5.34. The second-order valence-electron chi connectivity index (χ2n) is 7.78. The van der Waals surface area contributed by atoms with Crippen LogP contribution in [0.3, 0.4) is 0 Å². The number of hydrogen-bond acceptors (Lipinski definition) is 5. The molecule has 166 valence electrons. The van der Waals surface area contributed by atoms with E-state index >= 15 is 0 Å². The summed E-state index contributed by atoms with van der Waals surface area (Å²) in [6.45, 7) is 5.90. The largest absolute Gasteiger partial charge is 0.444 e. The molecule has 2 aromatic carbocycles. The normalized spacial score (nSPS) is 11.1. The lowest BCUT2D eigenvalue weighted by Gasteiger charge is -2.20. The molecule has 4 rings (SSSR count). The van der Waals surface area contributed by atoms with Gasteiger partial charge in [-0.2, -0.15) is 0 Å². The van der Waals surface area contributed by atoms with E-state index in [-0.39, 0.29) is 24.8 Å². The number of amides is 1. The molecule has 31 heavy (non-hydrogen) atoms. The van der Waals surface area contributed by atoms with E-state index in [2.05, 4.69) is 9.72 Å². The van der Waals surface area contributed by atoms with Crippen LogP contribution in [-0.4, -0.2) is 28.2 Å². The van der Waals surface area contributed by atoms with Crippen LogP contribution < -0.4 is 5.32 Å². The van der Waals surface area contributed by atoms with Crippen molar-refractivity contribution in [1.29, 1.82) is 0 Å². The van der Waals surface area contributed by atoms with Gasteiger partial charge in [-0.15, -0.1) is 24.8 Å². The number of nitrogens with one attached hydrogen (secondary N) is 1. The number of thiazole rings is 1. The molecular weight excluding hydrogens is 457 g/mol. The summed E-state index contributed by atoms with van der Waals surface area (Å²) in [6.07, 6.45) is 1.53. The highest BCUT2D eigenvalue weighted by Crippen LogP contribution is 2.33. The number of anilines is 1. The molecule has 2 aromatic heterocycles. The zero-order chi connectivity index (χ0) is 20.6. The Balaban J connectivity index is 0.00000171. The highest BCUT2D eigenvalue weighted by Gasteiger charge is 2.19. The maximum atomic E-state index is 12.3. The Morgan fingerprint density at radius 3 is 2.52 bits per heavy atom. The standard InChI is InChI=1S/C22H23N3O3S.2ClH/c1-22(2,3)28-21(26)24-16-11-18-19(10-15(16)13-27-4)29-20-23-17(12-25(18)20)14-8-6-5-7-9-14;;/h5-12H,13H2,1-4H3,(H,24,26);2*1H. The van der Waals surface area contributed by atoms with Gasteiger partial charge in [0.25, 0.3) is 0 Å². The first kappa shape index (κ1) is 24.9. The van der Waals surface area contributed by atoms with E-state index in [0.717, 1.165) is 32.0 Å². The Morgan fingerprint density at radius 2 is 1.87 bits per heavy atom. The predicted molar refractivity (Wildman–Crippen MR) is 131 cm³/mol. The van der Waals surface area contributed by atoms with Crippen LogP contribution in [0, 0.1) is 0 Å². The maximum absolute atomic E-state index is 12.3. The summed E-state index contributed by atoms with van der Waals surface area (Å²) in [6, 6.07) is 14.1. The van der Waals surface area contributed by atoms with Crippen LogP contribution in [0.5, 0.6) is 0 Å². The zero-order valence-corrected chi connectivity index (χ0v) is 20.1. The van der Waals surface area contributed by atoms with Gasteiger partial charge in [-0.25, -0.2) is 9.78 Å². The number of halogens is 2. The molecule has 0 fully saturated rings. The molecule has 6 nitrogen and oxygen atoms in total. The molecule has 0 saturated carbocycles. The third kappa shape index (κ3) is 5.49. The Kier molecular flexibility index (Phi) is 7.94. The molecule has 0 bridgehead atoms.